The summed E-state index contributed by atoms with van der Waals surface area (Å²) in [4.78, 5) is 0. The minimum absolute atomic E-state index is 0.314. The molecule has 0 N–H and O–H groups in total. The van der Waals surface area contributed by atoms with E-state index in [1.807, 2.05) is 0 Å². The van der Waals surface area contributed by atoms with Gasteiger partial charge in [0.05, 0.1) is 26.4 Å². The summed E-state index contributed by atoms with van der Waals surface area (Å²) in [6.45, 7) is 2.99. The zero-order valence-corrected chi connectivity index (χ0v) is 10.9. The molecular formula is C14H22O4. The lowest BCUT2D eigenvalue weighted by molar-refractivity contribution is -0.299. The van der Waals surface area contributed by atoms with Crippen LogP contribution in [0.25, 0.3) is 0 Å². The maximum Gasteiger partial charge on any atom is 0.171 e. The van der Waals surface area contributed by atoms with Crippen LogP contribution in [0, 0.1) is 11.8 Å². The minimum Gasteiger partial charge on any atom is -0.347 e. The Labute approximate surface area is 108 Å². The predicted octanol–water partition coefficient (Wildman–Crippen LogP) is 2.07. The second kappa shape index (κ2) is 4.17. The molecule has 102 valence electrons. The van der Waals surface area contributed by atoms with Gasteiger partial charge in [0.25, 0.3) is 0 Å². The number of ether oxygens (including phenoxy) is 4. The Balaban J connectivity index is 1.65. The van der Waals surface area contributed by atoms with Crippen molar-refractivity contribution in [2.75, 3.05) is 26.4 Å². The average Bonchev–Trinajstić information content (AvgIpc) is 3.03. The second-order valence-electron chi connectivity index (χ2n) is 6.01. The molecule has 18 heavy (non-hydrogen) atoms. The first-order valence-electron chi connectivity index (χ1n) is 7.41. The lowest BCUT2D eigenvalue weighted by Gasteiger charge is -2.52. The van der Waals surface area contributed by atoms with Crippen molar-refractivity contribution >= 4 is 0 Å². The summed E-state index contributed by atoms with van der Waals surface area (Å²) >= 11 is 0. The molecule has 4 rings (SSSR count). The number of rotatable bonds is 0. The summed E-state index contributed by atoms with van der Waals surface area (Å²) in [5.41, 5.74) is 0. The van der Waals surface area contributed by atoms with Gasteiger partial charge in [-0.15, -0.1) is 0 Å². The first-order valence-corrected chi connectivity index (χ1v) is 7.41. The van der Waals surface area contributed by atoms with Gasteiger partial charge in [0.15, 0.2) is 11.6 Å². The third kappa shape index (κ3) is 1.52. The summed E-state index contributed by atoms with van der Waals surface area (Å²) in [5, 5.41) is 0. The van der Waals surface area contributed by atoms with Crippen LogP contribution in [0.15, 0.2) is 0 Å². The molecule has 0 aromatic carbocycles. The smallest absolute Gasteiger partial charge is 0.171 e. The molecule has 0 aromatic heterocycles. The molecular weight excluding hydrogens is 232 g/mol. The van der Waals surface area contributed by atoms with E-state index in [-0.39, 0.29) is 11.6 Å². The van der Waals surface area contributed by atoms with Crippen LogP contribution in [0.3, 0.4) is 0 Å². The van der Waals surface area contributed by atoms with Crippen molar-refractivity contribution in [2.24, 2.45) is 11.8 Å². The van der Waals surface area contributed by atoms with Crippen molar-refractivity contribution in [2.45, 2.75) is 50.1 Å². The molecule has 0 radical (unpaired) electrons. The monoisotopic (exact) mass is 254 g/mol. The Morgan fingerprint density at radius 1 is 0.611 bits per heavy atom. The molecule has 0 bridgehead atoms. The molecule has 4 heteroatoms. The maximum absolute atomic E-state index is 6.02. The van der Waals surface area contributed by atoms with Crippen LogP contribution in [0.1, 0.15) is 38.5 Å². The van der Waals surface area contributed by atoms with Gasteiger partial charge >= 0.3 is 0 Å². The maximum atomic E-state index is 6.02. The molecule has 0 aromatic rings. The van der Waals surface area contributed by atoms with Crippen LogP contribution in [-0.2, 0) is 18.9 Å². The highest BCUT2D eigenvalue weighted by Crippen LogP contribution is 2.55. The van der Waals surface area contributed by atoms with E-state index in [1.165, 1.54) is 12.8 Å². The fourth-order valence-electron chi connectivity index (χ4n) is 4.62. The molecule has 2 atom stereocenters. The number of hydrogen-bond donors (Lipinski definition) is 0. The zero-order chi connectivity index (χ0) is 12.1. The fourth-order valence-corrected chi connectivity index (χ4v) is 4.62. The van der Waals surface area contributed by atoms with E-state index in [1.54, 1.807) is 0 Å². The van der Waals surface area contributed by atoms with Crippen LogP contribution < -0.4 is 0 Å². The van der Waals surface area contributed by atoms with Crippen molar-refractivity contribution in [3.05, 3.63) is 0 Å². The molecule has 2 aliphatic heterocycles. The van der Waals surface area contributed by atoms with E-state index in [0.29, 0.717) is 11.8 Å². The average molecular weight is 254 g/mol. The van der Waals surface area contributed by atoms with E-state index in [9.17, 15) is 0 Å². The first-order chi connectivity index (χ1) is 8.85. The van der Waals surface area contributed by atoms with Gasteiger partial charge in [0.2, 0.25) is 0 Å². The quantitative estimate of drug-likeness (QED) is 0.663. The Kier molecular flexibility index (Phi) is 2.70. The van der Waals surface area contributed by atoms with Crippen LogP contribution in [0.5, 0.6) is 0 Å². The summed E-state index contributed by atoms with van der Waals surface area (Å²) in [5.74, 6) is 0.290. The molecule has 4 aliphatic rings. The van der Waals surface area contributed by atoms with E-state index in [0.717, 1.165) is 52.1 Å². The SMILES string of the molecule is C1CC2C(CCCC23OCCO3)C2(C1)OCCO2. The van der Waals surface area contributed by atoms with Crippen LogP contribution >= 0.6 is 0 Å². The molecule has 4 nitrogen and oxygen atoms in total. The third-order valence-electron chi connectivity index (χ3n) is 5.25. The van der Waals surface area contributed by atoms with Gasteiger partial charge in [0, 0.05) is 24.7 Å². The zero-order valence-electron chi connectivity index (χ0n) is 10.9. The van der Waals surface area contributed by atoms with Gasteiger partial charge in [-0.1, -0.05) is 0 Å². The minimum atomic E-state index is -0.314. The van der Waals surface area contributed by atoms with Gasteiger partial charge < -0.3 is 18.9 Å². The summed E-state index contributed by atoms with van der Waals surface area (Å²) in [7, 11) is 0. The Bertz CT molecular complexity index is 286. The molecule has 2 saturated carbocycles. The summed E-state index contributed by atoms with van der Waals surface area (Å²) in [6.07, 6.45) is 6.80. The molecule has 2 unspecified atom stereocenters. The van der Waals surface area contributed by atoms with E-state index >= 15 is 0 Å². The van der Waals surface area contributed by atoms with Crippen LogP contribution in [0.4, 0.5) is 0 Å². The van der Waals surface area contributed by atoms with Gasteiger partial charge in [-0.05, 0) is 25.7 Å². The Morgan fingerprint density at radius 3 is 1.39 bits per heavy atom. The Hall–Kier alpha value is -0.160. The normalized spacial score (nSPS) is 41.3. The lowest BCUT2D eigenvalue weighted by atomic mass is 9.64. The molecule has 2 saturated heterocycles. The highest BCUT2D eigenvalue weighted by Gasteiger charge is 2.59. The van der Waals surface area contributed by atoms with Gasteiger partial charge in [0.1, 0.15) is 0 Å². The topological polar surface area (TPSA) is 36.9 Å². The largest absolute Gasteiger partial charge is 0.347 e. The number of hydrogen-bond acceptors (Lipinski definition) is 4. The number of fused-ring (bicyclic) bond motifs is 3. The molecule has 4 fully saturated rings. The van der Waals surface area contributed by atoms with Gasteiger partial charge in [-0.25, -0.2) is 0 Å². The summed E-state index contributed by atoms with van der Waals surface area (Å²) < 4.78 is 24.1. The second-order valence-corrected chi connectivity index (χ2v) is 6.01. The Morgan fingerprint density at radius 2 is 1.00 bits per heavy atom. The highest BCUT2D eigenvalue weighted by molar-refractivity contribution is 5.01. The standard InChI is InChI=1S/C14H22O4/c1-3-11-12(13(5-1)15-7-8-16-13)4-2-6-14(11)17-9-10-18-14/h11-12H,1-10H2. The van der Waals surface area contributed by atoms with Crippen molar-refractivity contribution in [1.29, 1.82) is 0 Å². The third-order valence-corrected chi connectivity index (χ3v) is 5.25. The van der Waals surface area contributed by atoms with Crippen molar-refractivity contribution < 1.29 is 18.9 Å². The molecule has 0 amide bonds. The van der Waals surface area contributed by atoms with E-state index < -0.39 is 0 Å². The molecule has 2 heterocycles. The summed E-state index contributed by atoms with van der Waals surface area (Å²) in [6, 6.07) is 0. The van der Waals surface area contributed by atoms with Gasteiger partial charge in [-0.3, -0.25) is 0 Å². The first kappa shape index (κ1) is 11.6. The lowest BCUT2D eigenvalue weighted by Crippen LogP contribution is -2.56. The van der Waals surface area contributed by atoms with Crippen molar-refractivity contribution in [1.82, 2.24) is 0 Å². The molecule has 2 spiro atoms. The van der Waals surface area contributed by atoms with E-state index in [2.05, 4.69) is 0 Å². The fraction of sp³-hybridized carbons (Fsp3) is 1.00. The molecule has 2 aliphatic carbocycles. The highest BCUT2D eigenvalue weighted by atomic mass is 16.7. The van der Waals surface area contributed by atoms with Gasteiger partial charge in [-0.2, -0.15) is 0 Å². The van der Waals surface area contributed by atoms with Crippen LogP contribution in [0.2, 0.25) is 0 Å². The van der Waals surface area contributed by atoms with Crippen molar-refractivity contribution in [3.63, 3.8) is 0 Å². The predicted molar refractivity (Wildman–Crippen MR) is 64.0 cm³/mol. The van der Waals surface area contributed by atoms with Crippen molar-refractivity contribution in [3.8, 4) is 0 Å². The van der Waals surface area contributed by atoms with E-state index in [4.69, 9.17) is 18.9 Å². The van der Waals surface area contributed by atoms with Crippen LogP contribution in [-0.4, -0.2) is 38.0 Å².